The lowest BCUT2D eigenvalue weighted by Gasteiger charge is -2.37. The predicted molar refractivity (Wildman–Crippen MR) is 146 cm³/mol. The Balaban J connectivity index is 1.18. The average molecular weight is 543 g/mol. The molecule has 1 amide bonds. The molecule has 39 heavy (non-hydrogen) atoms. The van der Waals surface area contributed by atoms with Gasteiger partial charge in [0, 0.05) is 43.6 Å². The van der Waals surface area contributed by atoms with Crippen molar-refractivity contribution in [2.24, 2.45) is 0 Å². The Morgan fingerprint density at radius 1 is 1.00 bits per heavy atom. The van der Waals surface area contributed by atoms with Crippen LogP contribution >= 0.6 is 0 Å². The first kappa shape index (κ1) is 28.8. The fourth-order valence-electron chi connectivity index (χ4n) is 5.24. The highest BCUT2D eigenvalue weighted by molar-refractivity contribution is 5.77. The number of nitriles is 1. The van der Waals surface area contributed by atoms with Gasteiger partial charge in [0.25, 0.3) is 0 Å². The lowest BCUT2D eigenvalue weighted by atomic mass is 9.87. The molecule has 2 aliphatic rings. The molecule has 0 unspecified atom stereocenters. The molecule has 2 aromatic carbocycles. The third-order valence-electron chi connectivity index (χ3n) is 7.66. The summed E-state index contributed by atoms with van der Waals surface area (Å²) in [6.45, 7) is 9.52. The van der Waals surface area contributed by atoms with Crippen LogP contribution in [0, 0.1) is 11.3 Å². The van der Waals surface area contributed by atoms with Gasteiger partial charge < -0.3 is 19.9 Å². The van der Waals surface area contributed by atoms with E-state index in [1.165, 1.54) is 23.4 Å². The zero-order valence-corrected chi connectivity index (χ0v) is 22.9. The quantitative estimate of drug-likeness (QED) is 0.488. The van der Waals surface area contributed by atoms with Gasteiger partial charge >= 0.3 is 6.18 Å². The van der Waals surface area contributed by atoms with Crippen molar-refractivity contribution < 1.29 is 22.7 Å². The van der Waals surface area contributed by atoms with Crippen molar-refractivity contribution in [3.05, 3.63) is 59.2 Å². The maximum atomic E-state index is 13.2. The van der Waals surface area contributed by atoms with Crippen LogP contribution in [0.3, 0.4) is 0 Å². The topological polar surface area (TPSA) is 68.6 Å². The summed E-state index contributed by atoms with van der Waals surface area (Å²) in [6, 6.07) is 14.0. The van der Waals surface area contributed by atoms with Gasteiger partial charge in [0.1, 0.15) is 6.61 Å². The molecule has 0 atom stereocenters. The second-order valence-electron chi connectivity index (χ2n) is 11.5. The highest BCUT2D eigenvalue weighted by Crippen LogP contribution is 2.34. The van der Waals surface area contributed by atoms with Gasteiger partial charge in [-0.25, -0.2) is 0 Å². The van der Waals surface area contributed by atoms with Crippen molar-refractivity contribution in [1.29, 1.82) is 5.26 Å². The van der Waals surface area contributed by atoms with Crippen molar-refractivity contribution in [3.63, 3.8) is 0 Å². The van der Waals surface area contributed by atoms with Crippen molar-refractivity contribution in [2.45, 2.75) is 70.2 Å². The maximum Gasteiger partial charge on any atom is 0.417 e. The number of hydrogen-bond donors (Lipinski definition) is 1. The second kappa shape index (κ2) is 11.9. The van der Waals surface area contributed by atoms with Gasteiger partial charge in [0.15, 0.2) is 0 Å². The van der Waals surface area contributed by atoms with E-state index in [1.54, 1.807) is 6.07 Å². The third kappa shape index (κ3) is 7.45. The summed E-state index contributed by atoms with van der Waals surface area (Å²) in [4.78, 5) is 16.9. The van der Waals surface area contributed by atoms with Gasteiger partial charge in [-0.1, -0.05) is 32.9 Å². The van der Waals surface area contributed by atoms with Gasteiger partial charge in [-0.2, -0.15) is 18.4 Å². The normalized spacial score (nSPS) is 20.4. The van der Waals surface area contributed by atoms with E-state index >= 15 is 0 Å². The van der Waals surface area contributed by atoms with E-state index in [9.17, 15) is 18.0 Å². The Hall–Kier alpha value is -3.25. The molecule has 1 aliphatic heterocycles. The van der Waals surface area contributed by atoms with Crippen LogP contribution in [-0.2, 0) is 21.1 Å². The molecule has 1 aliphatic carbocycles. The van der Waals surface area contributed by atoms with Crippen LogP contribution in [0.15, 0.2) is 42.5 Å². The molecular formula is C30H37F3N4O2. The Bertz CT molecular complexity index is 1170. The van der Waals surface area contributed by atoms with E-state index in [4.69, 9.17) is 10.00 Å². The SMILES string of the molecule is CC(C)(C)c1ccc(N2CCN(C(=O)COC3CCC(Nc4ccc(C#N)c(C(F)(F)F)c4)CC3)CC2)cc1. The minimum atomic E-state index is -4.58. The Kier molecular flexibility index (Phi) is 8.75. The summed E-state index contributed by atoms with van der Waals surface area (Å²) >= 11 is 0. The van der Waals surface area contributed by atoms with E-state index in [1.807, 2.05) is 4.90 Å². The van der Waals surface area contributed by atoms with Crippen molar-refractivity contribution in [2.75, 3.05) is 43.0 Å². The molecule has 0 bridgehead atoms. The molecule has 1 heterocycles. The van der Waals surface area contributed by atoms with Crippen LogP contribution in [0.5, 0.6) is 0 Å². The number of piperazine rings is 1. The van der Waals surface area contributed by atoms with E-state index < -0.39 is 11.7 Å². The average Bonchev–Trinajstić information content (AvgIpc) is 2.91. The van der Waals surface area contributed by atoms with Gasteiger partial charge in [-0.3, -0.25) is 4.79 Å². The summed E-state index contributed by atoms with van der Waals surface area (Å²) in [5.74, 6) is -0.00441. The van der Waals surface area contributed by atoms with E-state index in [2.05, 4.69) is 55.3 Å². The zero-order valence-electron chi connectivity index (χ0n) is 22.9. The Labute approximate surface area is 228 Å². The molecule has 2 fully saturated rings. The van der Waals surface area contributed by atoms with Crippen molar-refractivity contribution >= 4 is 17.3 Å². The van der Waals surface area contributed by atoms with Crippen LogP contribution in [0.4, 0.5) is 24.5 Å². The van der Waals surface area contributed by atoms with Crippen LogP contribution < -0.4 is 10.2 Å². The molecule has 4 rings (SSSR count). The number of alkyl halides is 3. The van der Waals surface area contributed by atoms with Gasteiger partial charge in [0.2, 0.25) is 5.91 Å². The summed E-state index contributed by atoms with van der Waals surface area (Å²) < 4.78 is 45.7. The Morgan fingerprint density at radius 2 is 1.64 bits per heavy atom. The number of nitrogens with one attached hydrogen (secondary N) is 1. The maximum absolute atomic E-state index is 13.2. The van der Waals surface area contributed by atoms with Gasteiger partial charge in [0.05, 0.1) is 23.3 Å². The Morgan fingerprint density at radius 3 is 2.21 bits per heavy atom. The fourth-order valence-corrected chi connectivity index (χ4v) is 5.24. The summed E-state index contributed by atoms with van der Waals surface area (Å²) in [7, 11) is 0. The molecule has 9 heteroatoms. The molecule has 1 N–H and O–H groups in total. The van der Waals surface area contributed by atoms with Crippen LogP contribution in [-0.4, -0.2) is 55.7 Å². The van der Waals surface area contributed by atoms with E-state index in [0.29, 0.717) is 18.8 Å². The van der Waals surface area contributed by atoms with Crippen LogP contribution in [0.2, 0.25) is 0 Å². The number of carbonyl (C=O) groups excluding carboxylic acids is 1. The van der Waals surface area contributed by atoms with Gasteiger partial charge in [-0.05, 0) is 67.0 Å². The first-order chi connectivity index (χ1) is 18.4. The molecule has 1 saturated heterocycles. The number of anilines is 2. The third-order valence-corrected chi connectivity index (χ3v) is 7.66. The summed E-state index contributed by atoms with van der Waals surface area (Å²) in [5.41, 5.74) is 1.63. The van der Waals surface area contributed by atoms with Gasteiger partial charge in [-0.15, -0.1) is 0 Å². The van der Waals surface area contributed by atoms with Crippen LogP contribution in [0.25, 0.3) is 0 Å². The number of ether oxygens (including phenoxy) is 1. The number of hydrogen-bond acceptors (Lipinski definition) is 5. The molecule has 2 aromatic rings. The number of carbonyl (C=O) groups is 1. The number of nitrogens with zero attached hydrogens (tertiary/aromatic N) is 3. The molecule has 0 spiro atoms. The number of amides is 1. The molecule has 0 aromatic heterocycles. The number of benzene rings is 2. The molecule has 210 valence electrons. The highest BCUT2D eigenvalue weighted by Gasteiger charge is 2.34. The van der Waals surface area contributed by atoms with Crippen molar-refractivity contribution in [1.82, 2.24) is 4.90 Å². The zero-order chi connectivity index (χ0) is 28.2. The smallest absolute Gasteiger partial charge is 0.382 e. The standard InChI is InChI=1S/C30H37F3N4O2/c1-29(2,3)22-5-10-25(11-6-22)36-14-16-37(17-15-36)28(38)20-39-26-12-8-23(9-13-26)35-24-7-4-21(19-34)27(18-24)30(31,32)33/h4-7,10-11,18,23,26,35H,8-9,12-17,20H2,1-3H3. The van der Waals surface area contributed by atoms with E-state index in [0.717, 1.165) is 44.8 Å². The fraction of sp³-hybridized carbons (Fsp3) is 0.533. The summed E-state index contributed by atoms with van der Waals surface area (Å²) in [5, 5.41) is 12.1. The lowest BCUT2D eigenvalue weighted by Crippen LogP contribution is -2.50. The second-order valence-corrected chi connectivity index (χ2v) is 11.5. The van der Waals surface area contributed by atoms with Crippen LogP contribution in [0.1, 0.15) is 63.1 Å². The van der Waals surface area contributed by atoms with E-state index in [-0.39, 0.29) is 35.6 Å². The number of halogens is 3. The molecule has 1 saturated carbocycles. The molecule has 6 nitrogen and oxygen atoms in total. The first-order valence-electron chi connectivity index (χ1n) is 13.6. The largest absolute Gasteiger partial charge is 0.417 e. The predicted octanol–water partition coefficient (Wildman–Crippen LogP) is 5.96. The summed E-state index contributed by atoms with van der Waals surface area (Å²) in [6.07, 6.45) is -1.70. The highest BCUT2D eigenvalue weighted by atomic mass is 19.4. The van der Waals surface area contributed by atoms with Crippen molar-refractivity contribution in [3.8, 4) is 6.07 Å². The first-order valence-corrected chi connectivity index (χ1v) is 13.6. The number of rotatable bonds is 6. The molecular weight excluding hydrogens is 505 g/mol. The molecule has 0 radical (unpaired) electrons. The minimum Gasteiger partial charge on any atom is -0.382 e. The monoisotopic (exact) mass is 542 g/mol. The lowest BCUT2D eigenvalue weighted by molar-refractivity contribution is -0.139. The minimum absolute atomic E-state index is 0.00441.